The molecule has 2 N–H and O–H groups in total. The fourth-order valence-corrected chi connectivity index (χ4v) is 4.17. The van der Waals surface area contributed by atoms with Crippen molar-refractivity contribution in [3.8, 4) is 17.1 Å². The molecule has 0 aliphatic carbocycles. The first-order valence-corrected chi connectivity index (χ1v) is 12.4. The number of anilines is 3. The van der Waals surface area contributed by atoms with E-state index in [1.807, 2.05) is 61.7 Å². The molecule has 8 heteroatoms. The topological polar surface area (TPSA) is 97.7 Å². The van der Waals surface area contributed by atoms with E-state index in [1.54, 1.807) is 7.11 Å². The lowest BCUT2D eigenvalue weighted by Gasteiger charge is -2.14. The highest BCUT2D eigenvalue weighted by molar-refractivity contribution is 5.95. The molecule has 4 aromatic rings. The Morgan fingerprint density at radius 2 is 1.92 bits per heavy atom. The van der Waals surface area contributed by atoms with Gasteiger partial charge in [-0.1, -0.05) is 25.1 Å². The maximum atomic E-state index is 12.1. The van der Waals surface area contributed by atoms with E-state index in [2.05, 4.69) is 27.8 Å². The maximum absolute atomic E-state index is 12.1. The van der Waals surface area contributed by atoms with Gasteiger partial charge in [-0.2, -0.15) is 0 Å². The van der Waals surface area contributed by atoms with E-state index in [1.165, 1.54) is 5.56 Å². The number of fused-ring (bicyclic) bond motifs is 2. The van der Waals surface area contributed by atoms with E-state index in [-0.39, 0.29) is 5.91 Å². The minimum absolute atomic E-state index is 0.0115. The number of amides is 1. The molecule has 0 saturated carbocycles. The molecule has 8 nitrogen and oxygen atoms in total. The summed E-state index contributed by atoms with van der Waals surface area (Å²) in [6.07, 6.45) is 3.16. The lowest BCUT2D eigenvalue weighted by molar-refractivity contribution is -0.116. The predicted molar refractivity (Wildman–Crippen MR) is 147 cm³/mol. The summed E-state index contributed by atoms with van der Waals surface area (Å²) < 4.78 is 10.9. The zero-order chi connectivity index (χ0) is 25.6. The number of rotatable bonds is 10. The van der Waals surface area contributed by atoms with Gasteiger partial charge in [0.25, 0.3) is 0 Å². The molecular weight excluding hydrogens is 466 g/mol. The summed E-state index contributed by atoms with van der Waals surface area (Å²) in [5.74, 6) is 1.91. The van der Waals surface area contributed by atoms with Crippen LogP contribution in [-0.4, -0.2) is 42.4 Å². The Kier molecular flexibility index (Phi) is 7.37. The van der Waals surface area contributed by atoms with E-state index in [0.29, 0.717) is 49.3 Å². The number of benzene rings is 3. The first-order valence-electron chi connectivity index (χ1n) is 12.4. The summed E-state index contributed by atoms with van der Waals surface area (Å²) in [6.45, 7) is 3.64. The number of ether oxygens (including phenoxy) is 2. The smallest absolute Gasteiger partial charge is 0.224 e. The molecule has 1 aliphatic rings. The zero-order valence-corrected chi connectivity index (χ0v) is 21.0. The Labute approximate surface area is 215 Å². The second-order valence-corrected chi connectivity index (χ2v) is 8.80. The molecule has 1 aliphatic heterocycles. The molecule has 2 heterocycles. The van der Waals surface area contributed by atoms with Gasteiger partial charge in [-0.3, -0.25) is 9.79 Å². The van der Waals surface area contributed by atoms with Crippen molar-refractivity contribution in [3.05, 3.63) is 71.8 Å². The number of aliphatic imine (C=N–C) groups is 1. The van der Waals surface area contributed by atoms with Gasteiger partial charge in [-0.05, 0) is 60.0 Å². The Balaban J connectivity index is 1.53. The lowest BCUT2D eigenvalue weighted by atomic mass is 10.1. The number of hydrogen-bond donors (Lipinski definition) is 2. The summed E-state index contributed by atoms with van der Waals surface area (Å²) in [5.41, 5.74) is 5.51. The highest BCUT2D eigenvalue weighted by Crippen LogP contribution is 2.31. The van der Waals surface area contributed by atoms with Crippen molar-refractivity contribution >= 4 is 40.2 Å². The first-order chi connectivity index (χ1) is 18.1. The highest BCUT2D eigenvalue weighted by Gasteiger charge is 2.14. The Morgan fingerprint density at radius 1 is 1.00 bits per heavy atom. The van der Waals surface area contributed by atoms with Crippen molar-refractivity contribution in [1.82, 2.24) is 9.97 Å². The van der Waals surface area contributed by atoms with Crippen LogP contribution in [0.2, 0.25) is 0 Å². The molecule has 0 radical (unpaired) electrons. The van der Waals surface area contributed by atoms with Crippen LogP contribution in [0.3, 0.4) is 0 Å². The zero-order valence-electron chi connectivity index (χ0n) is 21.0. The molecule has 37 heavy (non-hydrogen) atoms. The van der Waals surface area contributed by atoms with Gasteiger partial charge in [0.15, 0.2) is 5.82 Å². The third kappa shape index (κ3) is 5.76. The largest absolute Gasteiger partial charge is 0.491 e. The van der Waals surface area contributed by atoms with Gasteiger partial charge < -0.3 is 20.1 Å². The summed E-state index contributed by atoms with van der Waals surface area (Å²) >= 11 is 0. The monoisotopic (exact) mass is 495 g/mol. The van der Waals surface area contributed by atoms with Gasteiger partial charge in [0.2, 0.25) is 5.91 Å². The van der Waals surface area contributed by atoms with Crippen LogP contribution in [0.5, 0.6) is 5.75 Å². The van der Waals surface area contributed by atoms with Crippen molar-refractivity contribution in [2.24, 2.45) is 4.99 Å². The van der Waals surface area contributed by atoms with Crippen molar-refractivity contribution in [3.63, 3.8) is 0 Å². The molecule has 0 saturated heterocycles. The van der Waals surface area contributed by atoms with Crippen LogP contribution in [-0.2, 0) is 16.1 Å². The quantitative estimate of drug-likeness (QED) is 0.273. The van der Waals surface area contributed by atoms with Crippen LogP contribution in [0.1, 0.15) is 30.9 Å². The van der Waals surface area contributed by atoms with Gasteiger partial charge in [0.1, 0.15) is 18.2 Å². The normalized spacial score (nSPS) is 11.9. The number of nitrogens with one attached hydrogen (secondary N) is 2. The van der Waals surface area contributed by atoms with Gasteiger partial charge >= 0.3 is 0 Å². The van der Waals surface area contributed by atoms with E-state index in [0.717, 1.165) is 34.1 Å². The van der Waals surface area contributed by atoms with Crippen LogP contribution >= 0.6 is 0 Å². The molecule has 0 atom stereocenters. The fourth-order valence-electron chi connectivity index (χ4n) is 4.17. The number of aromatic nitrogens is 2. The van der Waals surface area contributed by atoms with E-state index < -0.39 is 0 Å². The van der Waals surface area contributed by atoms with Crippen molar-refractivity contribution in [2.75, 3.05) is 31.0 Å². The maximum Gasteiger partial charge on any atom is 0.224 e. The lowest BCUT2D eigenvalue weighted by Crippen LogP contribution is -2.10. The third-order valence-electron chi connectivity index (χ3n) is 6.01. The number of carbonyl (C=O) groups excluding carboxylic acids is 1. The fraction of sp³-hybridized carbons (Fsp3) is 0.241. The highest BCUT2D eigenvalue weighted by atomic mass is 16.5. The Morgan fingerprint density at radius 3 is 2.78 bits per heavy atom. The van der Waals surface area contributed by atoms with Gasteiger partial charge in [-0.15, -0.1) is 0 Å². The van der Waals surface area contributed by atoms with Crippen molar-refractivity contribution in [2.45, 2.75) is 26.3 Å². The van der Waals surface area contributed by atoms with Crippen LogP contribution < -0.4 is 15.4 Å². The second kappa shape index (κ2) is 11.2. The number of methoxy groups -OCH3 is 1. The third-order valence-corrected chi connectivity index (χ3v) is 6.01. The minimum Gasteiger partial charge on any atom is -0.491 e. The van der Waals surface area contributed by atoms with Crippen LogP contribution in [0.25, 0.3) is 22.3 Å². The first kappa shape index (κ1) is 24.4. The molecule has 0 fully saturated rings. The van der Waals surface area contributed by atoms with Gasteiger partial charge in [0.05, 0.1) is 18.7 Å². The number of nitrogens with zero attached hydrogens (tertiary/aromatic N) is 3. The molecule has 5 rings (SSSR count). The average Bonchev–Trinajstić information content (AvgIpc) is 3.37. The molecule has 0 spiro atoms. The summed E-state index contributed by atoms with van der Waals surface area (Å²) in [7, 11) is 1.65. The molecule has 0 bridgehead atoms. The molecule has 3 aromatic carbocycles. The summed E-state index contributed by atoms with van der Waals surface area (Å²) in [5, 5.41) is 7.27. The molecule has 188 valence electrons. The van der Waals surface area contributed by atoms with E-state index in [9.17, 15) is 4.79 Å². The second-order valence-electron chi connectivity index (χ2n) is 8.80. The molecular formula is C29H29N5O3. The van der Waals surface area contributed by atoms with Gasteiger partial charge in [0, 0.05) is 42.1 Å². The van der Waals surface area contributed by atoms with Crippen LogP contribution in [0.4, 0.5) is 17.2 Å². The average molecular weight is 496 g/mol. The SMILES string of the molecule is CCCC(=O)Nc1cccc(-c2nc(Nc3ccc4c(c3)C=NC4)c3cc(OCCOC)ccc3n2)c1. The Hall–Kier alpha value is -4.30. The molecule has 1 aromatic heterocycles. The molecule has 0 unspecified atom stereocenters. The standard InChI is InChI=1S/C29H29N5O3/c1-3-5-27(35)31-22-7-4-6-19(14-22)28-33-26-11-10-24(37-13-12-36-2)16-25(26)29(34-28)32-23-9-8-20-17-30-18-21(20)15-23/h4,6-11,14-16,18H,3,5,12-13,17H2,1-2H3,(H,31,35)(H,32,33,34). The van der Waals surface area contributed by atoms with E-state index >= 15 is 0 Å². The van der Waals surface area contributed by atoms with Crippen molar-refractivity contribution in [1.29, 1.82) is 0 Å². The van der Waals surface area contributed by atoms with Crippen LogP contribution in [0.15, 0.2) is 65.7 Å². The summed E-state index contributed by atoms with van der Waals surface area (Å²) in [4.78, 5) is 26.2. The number of carbonyl (C=O) groups is 1. The number of hydrogen-bond acceptors (Lipinski definition) is 7. The van der Waals surface area contributed by atoms with E-state index in [4.69, 9.17) is 19.4 Å². The summed E-state index contributed by atoms with van der Waals surface area (Å²) in [6, 6.07) is 19.5. The van der Waals surface area contributed by atoms with Crippen LogP contribution in [0, 0.1) is 0 Å². The minimum atomic E-state index is -0.0115. The predicted octanol–water partition coefficient (Wildman–Crippen LogP) is 5.74. The van der Waals surface area contributed by atoms with Gasteiger partial charge in [-0.25, -0.2) is 9.97 Å². The Bertz CT molecular complexity index is 1470. The molecule has 1 amide bonds. The van der Waals surface area contributed by atoms with Crippen molar-refractivity contribution < 1.29 is 14.3 Å².